The number of rotatable bonds is 3. The van der Waals surface area contributed by atoms with E-state index in [4.69, 9.17) is 5.73 Å². The van der Waals surface area contributed by atoms with E-state index in [1.165, 1.54) is 0 Å². The molecule has 0 saturated heterocycles. The van der Waals surface area contributed by atoms with Gasteiger partial charge in [0, 0.05) is 11.9 Å². The molecule has 0 aliphatic carbocycles. The van der Waals surface area contributed by atoms with Crippen molar-refractivity contribution in [3.8, 4) is 0 Å². The van der Waals surface area contributed by atoms with E-state index in [0.29, 0.717) is 0 Å². The second-order valence-corrected chi connectivity index (χ2v) is 2.49. The highest BCUT2D eigenvalue weighted by Gasteiger charge is 2.15. The minimum atomic E-state index is -0.269. The van der Waals surface area contributed by atoms with Crippen LogP contribution >= 0.6 is 0 Å². The number of aromatic amines is 1. The number of amides is 1. The fourth-order valence-electron chi connectivity index (χ4n) is 1.14. The molecule has 1 atom stereocenters. The number of nitrogens with one attached hydrogen (secondary N) is 1. The standard InChI is InChI=1S/C8H12N2O/c1-2-6(8(9)11)7-4-3-5-10-7/h3-6,10H,2H2,1H3,(H2,9,11). The summed E-state index contributed by atoms with van der Waals surface area (Å²) in [5.74, 6) is -0.431. The summed E-state index contributed by atoms with van der Waals surface area (Å²) in [5.41, 5.74) is 6.08. The first-order chi connectivity index (χ1) is 5.25. The van der Waals surface area contributed by atoms with Crippen molar-refractivity contribution >= 4 is 5.91 Å². The normalized spacial score (nSPS) is 12.8. The van der Waals surface area contributed by atoms with Crippen LogP contribution < -0.4 is 5.73 Å². The van der Waals surface area contributed by atoms with Gasteiger partial charge in [-0.05, 0) is 18.6 Å². The molecule has 1 aromatic rings. The van der Waals surface area contributed by atoms with Crippen LogP contribution in [0.25, 0.3) is 0 Å². The molecule has 1 heterocycles. The molecule has 0 aliphatic rings. The molecule has 0 spiro atoms. The minimum Gasteiger partial charge on any atom is -0.369 e. The van der Waals surface area contributed by atoms with Crippen LogP contribution in [0.15, 0.2) is 18.3 Å². The molecule has 3 N–H and O–H groups in total. The molecule has 1 rings (SSSR count). The summed E-state index contributed by atoms with van der Waals surface area (Å²) in [6.45, 7) is 1.94. The van der Waals surface area contributed by atoms with Crippen molar-refractivity contribution in [3.63, 3.8) is 0 Å². The van der Waals surface area contributed by atoms with Gasteiger partial charge >= 0.3 is 0 Å². The number of hydrogen-bond acceptors (Lipinski definition) is 1. The van der Waals surface area contributed by atoms with Crippen LogP contribution in [0.4, 0.5) is 0 Å². The SMILES string of the molecule is CCC(C(N)=O)c1ccc[nH]1. The van der Waals surface area contributed by atoms with E-state index in [2.05, 4.69) is 4.98 Å². The predicted octanol–water partition coefficient (Wildman–Crippen LogP) is 0.994. The highest BCUT2D eigenvalue weighted by molar-refractivity contribution is 5.81. The average Bonchev–Trinajstić information content (AvgIpc) is 2.40. The third-order valence-electron chi connectivity index (χ3n) is 1.75. The van der Waals surface area contributed by atoms with Gasteiger partial charge in [-0.2, -0.15) is 0 Å². The highest BCUT2D eigenvalue weighted by Crippen LogP contribution is 2.15. The third-order valence-corrected chi connectivity index (χ3v) is 1.75. The van der Waals surface area contributed by atoms with Gasteiger partial charge in [-0.1, -0.05) is 6.92 Å². The fraction of sp³-hybridized carbons (Fsp3) is 0.375. The molecule has 0 bridgehead atoms. The second-order valence-electron chi connectivity index (χ2n) is 2.49. The van der Waals surface area contributed by atoms with Crippen molar-refractivity contribution in [2.24, 2.45) is 5.73 Å². The summed E-state index contributed by atoms with van der Waals surface area (Å²) < 4.78 is 0. The van der Waals surface area contributed by atoms with E-state index in [1.54, 1.807) is 6.20 Å². The Hall–Kier alpha value is -1.25. The van der Waals surface area contributed by atoms with Gasteiger partial charge in [0.2, 0.25) is 5.91 Å². The molecule has 0 aliphatic heterocycles. The molecule has 3 heteroatoms. The summed E-state index contributed by atoms with van der Waals surface area (Å²) in [4.78, 5) is 13.8. The lowest BCUT2D eigenvalue weighted by molar-refractivity contribution is -0.119. The Kier molecular flexibility index (Phi) is 2.31. The molecular formula is C8H12N2O. The van der Waals surface area contributed by atoms with E-state index >= 15 is 0 Å². The molecule has 0 saturated carbocycles. The topological polar surface area (TPSA) is 58.9 Å². The van der Waals surface area contributed by atoms with Gasteiger partial charge in [-0.3, -0.25) is 4.79 Å². The number of carbonyl (C=O) groups is 1. The van der Waals surface area contributed by atoms with Crippen molar-refractivity contribution in [1.82, 2.24) is 4.98 Å². The van der Waals surface area contributed by atoms with E-state index < -0.39 is 0 Å². The number of aromatic nitrogens is 1. The van der Waals surface area contributed by atoms with Crippen molar-refractivity contribution in [2.75, 3.05) is 0 Å². The lowest BCUT2D eigenvalue weighted by atomic mass is 10.0. The Morgan fingerprint density at radius 1 is 1.82 bits per heavy atom. The molecule has 1 unspecified atom stereocenters. The van der Waals surface area contributed by atoms with Crippen LogP contribution in [0.5, 0.6) is 0 Å². The highest BCUT2D eigenvalue weighted by atomic mass is 16.1. The van der Waals surface area contributed by atoms with Crippen LogP contribution in [-0.4, -0.2) is 10.9 Å². The first kappa shape index (κ1) is 7.85. The average molecular weight is 152 g/mol. The zero-order valence-electron chi connectivity index (χ0n) is 6.50. The number of H-pyrrole nitrogens is 1. The van der Waals surface area contributed by atoms with E-state index in [0.717, 1.165) is 12.1 Å². The predicted molar refractivity (Wildman–Crippen MR) is 43.0 cm³/mol. The Morgan fingerprint density at radius 2 is 2.55 bits per heavy atom. The Bertz CT molecular complexity index is 228. The van der Waals surface area contributed by atoms with Gasteiger partial charge in [-0.25, -0.2) is 0 Å². The van der Waals surface area contributed by atoms with Crippen LogP contribution in [0, 0.1) is 0 Å². The molecule has 0 radical (unpaired) electrons. The monoisotopic (exact) mass is 152 g/mol. The molecule has 0 fully saturated rings. The van der Waals surface area contributed by atoms with Gasteiger partial charge < -0.3 is 10.7 Å². The maximum atomic E-state index is 10.8. The van der Waals surface area contributed by atoms with Crippen molar-refractivity contribution in [2.45, 2.75) is 19.3 Å². The van der Waals surface area contributed by atoms with E-state index in [-0.39, 0.29) is 11.8 Å². The molecule has 3 nitrogen and oxygen atoms in total. The van der Waals surface area contributed by atoms with E-state index in [9.17, 15) is 4.79 Å². The van der Waals surface area contributed by atoms with E-state index in [1.807, 2.05) is 19.1 Å². The fourth-order valence-corrected chi connectivity index (χ4v) is 1.14. The summed E-state index contributed by atoms with van der Waals surface area (Å²) in [7, 11) is 0. The lowest BCUT2D eigenvalue weighted by Gasteiger charge is -2.07. The molecule has 60 valence electrons. The molecular weight excluding hydrogens is 140 g/mol. The zero-order valence-corrected chi connectivity index (χ0v) is 6.50. The zero-order chi connectivity index (χ0) is 8.27. The Balaban J connectivity index is 2.79. The summed E-state index contributed by atoms with van der Waals surface area (Å²) in [6, 6.07) is 3.74. The Labute approximate surface area is 65.6 Å². The largest absolute Gasteiger partial charge is 0.369 e. The van der Waals surface area contributed by atoms with Gasteiger partial charge in [0.1, 0.15) is 0 Å². The van der Waals surface area contributed by atoms with Gasteiger partial charge in [0.25, 0.3) is 0 Å². The maximum Gasteiger partial charge on any atom is 0.226 e. The van der Waals surface area contributed by atoms with Crippen LogP contribution in [0.3, 0.4) is 0 Å². The first-order valence-corrected chi connectivity index (χ1v) is 3.68. The van der Waals surface area contributed by atoms with Gasteiger partial charge in [0.05, 0.1) is 5.92 Å². The number of nitrogens with two attached hydrogens (primary N) is 1. The molecule has 1 amide bonds. The quantitative estimate of drug-likeness (QED) is 0.666. The van der Waals surface area contributed by atoms with Crippen LogP contribution in [0.2, 0.25) is 0 Å². The molecule has 0 aromatic carbocycles. The lowest BCUT2D eigenvalue weighted by Crippen LogP contribution is -2.20. The number of hydrogen-bond donors (Lipinski definition) is 2. The van der Waals surface area contributed by atoms with Crippen molar-refractivity contribution in [1.29, 1.82) is 0 Å². The Morgan fingerprint density at radius 3 is 2.91 bits per heavy atom. The van der Waals surface area contributed by atoms with Gasteiger partial charge in [-0.15, -0.1) is 0 Å². The van der Waals surface area contributed by atoms with Crippen LogP contribution in [0.1, 0.15) is 25.0 Å². The minimum absolute atomic E-state index is 0.162. The summed E-state index contributed by atoms with van der Waals surface area (Å²) >= 11 is 0. The maximum absolute atomic E-state index is 10.8. The number of carbonyl (C=O) groups excluding carboxylic acids is 1. The van der Waals surface area contributed by atoms with Crippen LogP contribution in [-0.2, 0) is 4.79 Å². The first-order valence-electron chi connectivity index (χ1n) is 3.68. The van der Waals surface area contributed by atoms with Gasteiger partial charge in [0.15, 0.2) is 0 Å². The smallest absolute Gasteiger partial charge is 0.226 e. The molecule has 1 aromatic heterocycles. The third kappa shape index (κ3) is 1.61. The van der Waals surface area contributed by atoms with Crippen molar-refractivity contribution < 1.29 is 4.79 Å². The number of primary amides is 1. The molecule has 11 heavy (non-hydrogen) atoms. The summed E-state index contributed by atoms with van der Waals surface area (Å²) in [6.07, 6.45) is 2.54. The van der Waals surface area contributed by atoms with Crippen molar-refractivity contribution in [3.05, 3.63) is 24.0 Å². The summed E-state index contributed by atoms with van der Waals surface area (Å²) in [5, 5.41) is 0. The second kappa shape index (κ2) is 3.23.